The van der Waals surface area contributed by atoms with Gasteiger partial charge in [-0.05, 0) is 6.42 Å². The molecule has 4 atom stereocenters. The molecule has 0 amide bonds. The molecule has 0 bridgehead atoms. The van der Waals surface area contributed by atoms with E-state index in [4.69, 9.17) is 9.84 Å². The number of aromatic nitrogens is 2. The molecule has 1 aliphatic heterocycles. The summed E-state index contributed by atoms with van der Waals surface area (Å²) in [4.78, 5) is 24.8. The molecule has 0 saturated carbocycles. The van der Waals surface area contributed by atoms with Crippen molar-refractivity contribution in [2.45, 2.75) is 37.9 Å². The minimum absolute atomic E-state index is 0.0114. The highest BCUT2D eigenvalue weighted by Crippen LogP contribution is 2.29. The number of hydrogen-bond donors (Lipinski definition) is 4. The van der Waals surface area contributed by atoms with Crippen LogP contribution in [0.5, 0.6) is 0 Å². The number of halogens is 1. The Kier molecular flexibility index (Phi) is 4.04. The fraction of sp³-hybridized carbons (Fsp3) is 0.636. The van der Waals surface area contributed by atoms with Crippen LogP contribution < -0.4 is 11.2 Å². The van der Waals surface area contributed by atoms with Gasteiger partial charge in [-0.2, -0.15) is 4.39 Å². The molecule has 112 valence electrons. The summed E-state index contributed by atoms with van der Waals surface area (Å²) in [7, 11) is 0. The average molecular weight is 290 g/mol. The van der Waals surface area contributed by atoms with Crippen molar-refractivity contribution in [1.29, 1.82) is 0 Å². The van der Waals surface area contributed by atoms with Crippen LogP contribution in [0.25, 0.3) is 0 Å². The molecular weight excluding hydrogens is 275 g/mol. The average Bonchev–Trinajstić information content (AvgIpc) is 2.70. The molecule has 0 aliphatic carbocycles. The highest BCUT2D eigenvalue weighted by Gasteiger charge is 2.44. The van der Waals surface area contributed by atoms with Crippen LogP contribution in [-0.2, 0) is 11.2 Å². The van der Waals surface area contributed by atoms with Crippen LogP contribution in [0.2, 0.25) is 0 Å². The molecule has 1 fully saturated rings. The quantitative estimate of drug-likeness (QED) is 0.503. The van der Waals surface area contributed by atoms with Crippen molar-refractivity contribution >= 4 is 0 Å². The first kappa shape index (κ1) is 14.9. The second-order valence-electron chi connectivity index (χ2n) is 4.47. The maximum absolute atomic E-state index is 13.7. The first-order chi connectivity index (χ1) is 9.42. The Morgan fingerprint density at radius 2 is 2.00 bits per heavy atom. The topological polar surface area (TPSA) is 125 Å². The lowest BCUT2D eigenvalue weighted by molar-refractivity contribution is -0.0567. The van der Waals surface area contributed by atoms with Crippen LogP contribution in [0.1, 0.15) is 18.8 Å². The molecule has 9 heteroatoms. The van der Waals surface area contributed by atoms with Gasteiger partial charge in [0.15, 0.2) is 6.23 Å². The van der Waals surface area contributed by atoms with Crippen molar-refractivity contribution in [1.82, 2.24) is 9.55 Å². The number of rotatable bonds is 3. The third-order valence-corrected chi connectivity index (χ3v) is 3.29. The van der Waals surface area contributed by atoms with E-state index in [1.54, 1.807) is 4.98 Å². The Hall–Kier alpha value is -1.55. The first-order valence-electron chi connectivity index (χ1n) is 6.08. The molecule has 1 aromatic heterocycles. The number of nitrogens with zero attached hydrogens (tertiary/aromatic N) is 1. The molecule has 1 aromatic rings. The summed E-state index contributed by atoms with van der Waals surface area (Å²) in [6.45, 7) is 0.950. The third kappa shape index (κ3) is 2.18. The zero-order valence-corrected chi connectivity index (χ0v) is 10.6. The monoisotopic (exact) mass is 290 g/mol. The van der Waals surface area contributed by atoms with Crippen molar-refractivity contribution in [3.8, 4) is 0 Å². The van der Waals surface area contributed by atoms with Gasteiger partial charge in [0.2, 0.25) is 5.82 Å². The molecule has 0 radical (unpaired) electrons. The van der Waals surface area contributed by atoms with Gasteiger partial charge in [0.05, 0.1) is 12.3 Å². The lowest BCUT2D eigenvalue weighted by Crippen LogP contribution is -2.41. The number of aromatic amines is 1. The Balaban J connectivity index is 2.57. The number of hydrogen-bond acceptors (Lipinski definition) is 6. The van der Waals surface area contributed by atoms with E-state index in [9.17, 15) is 24.2 Å². The van der Waals surface area contributed by atoms with Crippen LogP contribution in [0.4, 0.5) is 4.39 Å². The van der Waals surface area contributed by atoms with Crippen molar-refractivity contribution in [2.24, 2.45) is 0 Å². The Labute approximate surface area is 112 Å². The standard InChI is InChI=1S/C11H15FN2O6/c1-2-4-6(12)9(18)13-11(19)14(4)10-8(17)7(16)5(3-15)20-10/h5,7-8,10,15-17H,2-3H2,1H3,(H,13,18,19)/t5-,7?,8?,10-/m0/s1. The Morgan fingerprint density at radius 3 is 2.50 bits per heavy atom. The van der Waals surface area contributed by atoms with Gasteiger partial charge in [-0.3, -0.25) is 14.3 Å². The highest BCUT2D eigenvalue weighted by molar-refractivity contribution is 5.07. The molecule has 1 aliphatic rings. The van der Waals surface area contributed by atoms with Gasteiger partial charge in [0.1, 0.15) is 18.3 Å². The normalized spacial score (nSPS) is 29.9. The van der Waals surface area contributed by atoms with Gasteiger partial charge >= 0.3 is 5.69 Å². The molecule has 2 rings (SSSR count). The van der Waals surface area contributed by atoms with Crippen LogP contribution in [0.15, 0.2) is 9.59 Å². The molecule has 0 spiro atoms. The molecule has 8 nitrogen and oxygen atoms in total. The summed E-state index contributed by atoms with van der Waals surface area (Å²) < 4.78 is 19.7. The van der Waals surface area contributed by atoms with E-state index < -0.39 is 48.2 Å². The minimum atomic E-state index is -1.53. The molecule has 2 heterocycles. The van der Waals surface area contributed by atoms with E-state index in [0.717, 1.165) is 4.57 Å². The smallest absolute Gasteiger partial charge is 0.330 e. The van der Waals surface area contributed by atoms with E-state index in [-0.39, 0.29) is 12.1 Å². The second kappa shape index (κ2) is 5.44. The zero-order chi connectivity index (χ0) is 15.0. The van der Waals surface area contributed by atoms with Gasteiger partial charge in [-0.1, -0.05) is 6.92 Å². The molecule has 1 saturated heterocycles. The van der Waals surface area contributed by atoms with Gasteiger partial charge in [0.25, 0.3) is 5.56 Å². The van der Waals surface area contributed by atoms with Gasteiger partial charge in [-0.15, -0.1) is 0 Å². The summed E-state index contributed by atoms with van der Waals surface area (Å²) in [6, 6.07) is 0. The van der Waals surface area contributed by atoms with E-state index >= 15 is 0 Å². The summed E-state index contributed by atoms with van der Waals surface area (Å²) in [5, 5.41) is 28.5. The van der Waals surface area contributed by atoms with Crippen molar-refractivity contribution in [3.05, 3.63) is 32.3 Å². The van der Waals surface area contributed by atoms with Crippen LogP contribution in [0.3, 0.4) is 0 Å². The zero-order valence-electron chi connectivity index (χ0n) is 10.6. The summed E-state index contributed by atoms with van der Waals surface area (Å²) in [5.74, 6) is -1.15. The molecule has 4 N–H and O–H groups in total. The van der Waals surface area contributed by atoms with E-state index in [0.29, 0.717) is 0 Å². The van der Waals surface area contributed by atoms with Gasteiger partial charge in [0, 0.05) is 0 Å². The summed E-state index contributed by atoms with van der Waals surface area (Å²) >= 11 is 0. The second-order valence-corrected chi connectivity index (χ2v) is 4.47. The van der Waals surface area contributed by atoms with Crippen molar-refractivity contribution < 1.29 is 24.4 Å². The molecule has 0 aromatic carbocycles. The van der Waals surface area contributed by atoms with E-state index in [2.05, 4.69) is 0 Å². The predicted molar refractivity (Wildman–Crippen MR) is 63.7 cm³/mol. The van der Waals surface area contributed by atoms with Crippen LogP contribution in [0, 0.1) is 5.82 Å². The third-order valence-electron chi connectivity index (χ3n) is 3.29. The largest absolute Gasteiger partial charge is 0.394 e. The number of aliphatic hydroxyl groups is 3. The Bertz CT molecular complexity index is 612. The van der Waals surface area contributed by atoms with Gasteiger partial charge < -0.3 is 20.1 Å². The minimum Gasteiger partial charge on any atom is -0.394 e. The Morgan fingerprint density at radius 1 is 1.35 bits per heavy atom. The fourth-order valence-electron chi connectivity index (χ4n) is 2.26. The van der Waals surface area contributed by atoms with Crippen molar-refractivity contribution in [2.75, 3.05) is 6.61 Å². The number of nitrogens with one attached hydrogen (secondary N) is 1. The van der Waals surface area contributed by atoms with Gasteiger partial charge in [-0.25, -0.2) is 4.79 Å². The predicted octanol–water partition coefficient (Wildman–Crippen LogP) is -2.15. The number of ether oxygens (including phenoxy) is 1. The first-order valence-corrected chi connectivity index (χ1v) is 6.08. The molecule has 20 heavy (non-hydrogen) atoms. The number of aliphatic hydroxyl groups excluding tert-OH is 3. The molecular formula is C11H15FN2O6. The maximum atomic E-state index is 13.7. The lowest BCUT2D eigenvalue weighted by atomic mass is 10.1. The highest BCUT2D eigenvalue weighted by atomic mass is 19.1. The maximum Gasteiger partial charge on any atom is 0.330 e. The SMILES string of the molecule is CCc1c(F)c(=O)[nH]c(=O)n1[C@H]1O[C@@H](CO)C(O)C1O. The van der Waals surface area contributed by atoms with Crippen molar-refractivity contribution in [3.63, 3.8) is 0 Å². The summed E-state index contributed by atoms with van der Waals surface area (Å²) in [5.41, 5.74) is -2.36. The fourth-order valence-corrected chi connectivity index (χ4v) is 2.26. The summed E-state index contributed by atoms with van der Waals surface area (Å²) in [6.07, 6.45) is -5.41. The lowest BCUT2D eigenvalue weighted by Gasteiger charge is -2.20. The van der Waals surface area contributed by atoms with Crippen LogP contribution in [-0.4, -0.2) is 49.8 Å². The van der Waals surface area contributed by atoms with Crippen LogP contribution >= 0.6 is 0 Å². The van der Waals surface area contributed by atoms with E-state index in [1.165, 1.54) is 6.92 Å². The van der Waals surface area contributed by atoms with E-state index in [1.807, 2.05) is 0 Å². The molecule has 2 unspecified atom stereocenters. The number of H-pyrrole nitrogens is 1.